The van der Waals surface area contributed by atoms with Gasteiger partial charge in [0, 0.05) is 29.6 Å². The summed E-state index contributed by atoms with van der Waals surface area (Å²) in [5, 5.41) is 3.20. The molecule has 5 rings (SSSR count). The largest absolute Gasteiger partial charge is 0.356 e. The molecule has 0 spiro atoms. The van der Waals surface area contributed by atoms with E-state index in [0.29, 0.717) is 19.4 Å². The molecule has 2 aliphatic heterocycles. The lowest BCUT2D eigenvalue weighted by Crippen LogP contribution is -2.61. The van der Waals surface area contributed by atoms with Crippen molar-refractivity contribution in [1.82, 2.24) is 9.88 Å². The fraction of sp³-hybridized carbons (Fsp3) is 0.417. The van der Waals surface area contributed by atoms with Crippen LogP contribution in [0.4, 0.5) is 0 Å². The van der Waals surface area contributed by atoms with Crippen LogP contribution in [-0.2, 0) is 16.8 Å². The number of thiophene rings is 1. The standard InChI is InChI=1S/C24H26N2O2S/c1-2-3-13-24-18(22(28)20-9-6-15-29-20)10-11-21(27)26(24)14-12-17-16-7-4-5-8-19(16)25-23(17)24/h4-9,15,18,25H,2-3,10-14H2,1H3/t18-,24+/m1/s1. The maximum atomic E-state index is 13.7. The molecule has 0 aliphatic carbocycles. The van der Waals surface area contributed by atoms with Crippen molar-refractivity contribution in [2.75, 3.05) is 6.54 Å². The SMILES string of the molecule is CCCC[C@]12c3[nH]c4ccccc4c3CCN1C(=O)CC[C@@H]2C(=O)c1cccs1. The zero-order valence-corrected chi connectivity index (χ0v) is 17.6. The summed E-state index contributed by atoms with van der Waals surface area (Å²) in [7, 11) is 0. The summed E-state index contributed by atoms with van der Waals surface area (Å²) in [6.45, 7) is 2.88. The molecule has 150 valence electrons. The first-order valence-electron chi connectivity index (χ1n) is 10.6. The Morgan fingerprint density at radius 2 is 2.10 bits per heavy atom. The van der Waals surface area contributed by atoms with Crippen LogP contribution in [0.1, 0.15) is 60.0 Å². The van der Waals surface area contributed by atoms with Gasteiger partial charge in [0.1, 0.15) is 0 Å². The number of H-pyrrole nitrogens is 1. The van der Waals surface area contributed by atoms with Crippen molar-refractivity contribution in [3.05, 3.63) is 57.9 Å². The second-order valence-electron chi connectivity index (χ2n) is 8.28. The van der Waals surface area contributed by atoms with E-state index in [1.54, 1.807) is 0 Å². The molecule has 1 aromatic carbocycles. The lowest BCUT2D eigenvalue weighted by atomic mass is 9.66. The molecule has 2 aliphatic rings. The van der Waals surface area contributed by atoms with Gasteiger partial charge in [-0.2, -0.15) is 0 Å². The third-order valence-corrected chi connectivity index (χ3v) is 7.71. The lowest BCUT2D eigenvalue weighted by Gasteiger charge is -2.54. The Hall–Kier alpha value is -2.40. The lowest BCUT2D eigenvalue weighted by molar-refractivity contribution is -0.148. The normalized spacial score (nSPS) is 23.8. The van der Waals surface area contributed by atoms with Gasteiger partial charge >= 0.3 is 0 Å². The van der Waals surface area contributed by atoms with Crippen molar-refractivity contribution in [3.8, 4) is 0 Å². The molecule has 0 bridgehead atoms. The molecule has 1 fully saturated rings. The Labute approximate surface area is 174 Å². The maximum absolute atomic E-state index is 13.7. The average molecular weight is 407 g/mol. The minimum absolute atomic E-state index is 0.195. The van der Waals surface area contributed by atoms with E-state index in [1.807, 2.05) is 23.6 Å². The molecule has 4 nitrogen and oxygen atoms in total. The number of nitrogens with one attached hydrogen (secondary N) is 1. The van der Waals surface area contributed by atoms with E-state index in [9.17, 15) is 9.59 Å². The predicted octanol–water partition coefficient (Wildman–Crippen LogP) is 5.29. The van der Waals surface area contributed by atoms with Crippen LogP contribution >= 0.6 is 11.3 Å². The van der Waals surface area contributed by atoms with E-state index in [4.69, 9.17) is 0 Å². The van der Waals surface area contributed by atoms with Crippen LogP contribution in [0, 0.1) is 5.92 Å². The molecule has 3 aromatic rings. The number of para-hydroxylation sites is 1. The van der Waals surface area contributed by atoms with Gasteiger partial charge in [0.05, 0.1) is 16.3 Å². The van der Waals surface area contributed by atoms with E-state index in [-0.39, 0.29) is 17.6 Å². The van der Waals surface area contributed by atoms with E-state index in [0.717, 1.165) is 41.8 Å². The number of Topliss-reactive ketones (excluding diaryl/α,β-unsaturated/α-hetero) is 1. The van der Waals surface area contributed by atoms with Gasteiger partial charge in [0.25, 0.3) is 0 Å². The zero-order chi connectivity index (χ0) is 20.0. The number of aromatic nitrogens is 1. The third kappa shape index (κ3) is 2.71. The van der Waals surface area contributed by atoms with Crippen LogP contribution < -0.4 is 0 Å². The van der Waals surface area contributed by atoms with Crippen LogP contribution in [0.15, 0.2) is 41.8 Å². The van der Waals surface area contributed by atoms with Gasteiger partial charge < -0.3 is 9.88 Å². The number of piperidine rings is 1. The number of aromatic amines is 1. The highest BCUT2D eigenvalue weighted by atomic mass is 32.1. The number of benzene rings is 1. The van der Waals surface area contributed by atoms with Gasteiger partial charge in [-0.05, 0) is 42.3 Å². The van der Waals surface area contributed by atoms with Gasteiger partial charge in [-0.3, -0.25) is 9.59 Å². The molecule has 4 heterocycles. The molecule has 0 unspecified atom stereocenters. The minimum Gasteiger partial charge on any atom is -0.356 e. The number of hydrogen-bond donors (Lipinski definition) is 1. The van der Waals surface area contributed by atoms with E-state index >= 15 is 0 Å². The van der Waals surface area contributed by atoms with Gasteiger partial charge in [-0.25, -0.2) is 0 Å². The summed E-state index contributed by atoms with van der Waals surface area (Å²) < 4.78 is 0. The zero-order valence-electron chi connectivity index (χ0n) is 16.7. The van der Waals surface area contributed by atoms with Crippen LogP contribution in [0.3, 0.4) is 0 Å². The highest BCUT2D eigenvalue weighted by molar-refractivity contribution is 7.12. The van der Waals surface area contributed by atoms with Crippen LogP contribution in [0.25, 0.3) is 10.9 Å². The fourth-order valence-electron chi connectivity index (χ4n) is 5.56. The van der Waals surface area contributed by atoms with E-state index < -0.39 is 5.54 Å². The molecule has 0 radical (unpaired) electrons. The molecule has 2 aromatic heterocycles. The van der Waals surface area contributed by atoms with Crippen molar-refractivity contribution in [2.24, 2.45) is 5.92 Å². The number of amides is 1. The summed E-state index contributed by atoms with van der Waals surface area (Å²) >= 11 is 1.51. The summed E-state index contributed by atoms with van der Waals surface area (Å²) in [5.41, 5.74) is 2.96. The first-order valence-corrected chi connectivity index (χ1v) is 11.5. The minimum atomic E-state index is -0.557. The number of hydrogen-bond acceptors (Lipinski definition) is 3. The number of nitrogens with zero attached hydrogens (tertiary/aromatic N) is 1. The van der Waals surface area contributed by atoms with Crippen molar-refractivity contribution >= 4 is 33.9 Å². The molecule has 0 saturated carbocycles. The smallest absolute Gasteiger partial charge is 0.223 e. The van der Waals surface area contributed by atoms with Crippen LogP contribution in [0.2, 0.25) is 0 Å². The molecule has 29 heavy (non-hydrogen) atoms. The van der Waals surface area contributed by atoms with Crippen LogP contribution in [0.5, 0.6) is 0 Å². The Kier molecular flexibility index (Phi) is 4.58. The summed E-state index contributed by atoms with van der Waals surface area (Å²) in [6.07, 6.45) is 4.80. The molecule has 5 heteroatoms. The number of ketones is 1. The Bertz CT molecular complexity index is 1070. The number of carbonyl (C=O) groups is 2. The van der Waals surface area contributed by atoms with E-state index in [2.05, 4.69) is 35.0 Å². The Morgan fingerprint density at radius 1 is 1.24 bits per heavy atom. The number of fused-ring (bicyclic) bond motifs is 5. The summed E-state index contributed by atoms with van der Waals surface area (Å²) in [4.78, 5) is 33.3. The molecule has 1 amide bonds. The Morgan fingerprint density at radius 3 is 2.90 bits per heavy atom. The molecule has 1 N–H and O–H groups in total. The third-order valence-electron chi connectivity index (χ3n) is 6.83. The molecule has 1 saturated heterocycles. The molecular formula is C24H26N2O2S. The summed E-state index contributed by atoms with van der Waals surface area (Å²) in [6, 6.07) is 12.2. The highest BCUT2D eigenvalue weighted by Crippen LogP contribution is 2.51. The number of rotatable bonds is 5. The first kappa shape index (κ1) is 18.6. The Balaban J connectivity index is 1.74. The average Bonchev–Trinajstić information content (AvgIpc) is 3.40. The maximum Gasteiger partial charge on any atom is 0.223 e. The van der Waals surface area contributed by atoms with Gasteiger partial charge in [0.2, 0.25) is 5.91 Å². The van der Waals surface area contributed by atoms with Crippen molar-refractivity contribution in [3.63, 3.8) is 0 Å². The number of carbonyl (C=O) groups excluding carboxylic acids is 2. The van der Waals surface area contributed by atoms with E-state index in [1.165, 1.54) is 22.3 Å². The number of unbranched alkanes of at least 4 members (excludes halogenated alkanes) is 1. The fourth-order valence-corrected chi connectivity index (χ4v) is 6.28. The molecular weight excluding hydrogens is 380 g/mol. The summed E-state index contributed by atoms with van der Waals surface area (Å²) in [5.74, 6) is 0.193. The van der Waals surface area contributed by atoms with Gasteiger partial charge in [-0.15, -0.1) is 11.3 Å². The van der Waals surface area contributed by atoms with Crippen molar-refractivity contribution in [1.29, 1.82) is 0 Å². The highest BCUT2D eigenvalue weighted by Gasteiger charge is 2.56. The van der Waals surface area contributed by atoms with Crippen molar-refractivity contribution in [2.45, 2.75) is 51.0 Å². The van der Waals surface area contributed by atoms with Gasteiger partial charge in [-0.1, -0.05) is 44.0 Å². The van der Waals surface area contributed by atoms with Gasteiger partial charge in [0.15, 0.2) is 5.78 Å². The van der Waals surface area contributed by atoms with Crippen LogP contribution in [-0.4, -0.2) is 28.1 Å². The second kappa shape index (κ2) is 7.13. The topological polar surface area (TPSA) is 53.2 Å². The predicted molar refractivity (Wildman–Crippen MR) is 116 cm³/mol. The quantitative estimate of drug-likeness (QED) is 0.585. The monoisotopic (exact) mass is 406 g/mol. The second-order valence-corrected chi connectivity index (χ2v) is 9.23. The molecule has 2 atom stereocenters. The van der Waals surface area contributed by atoms with Crippen molar-refractivity contribution < 1.29 is 9.59 Å². The first-order chi connectivity index (χ1) is 14.2.